The first-order valence-electron chi connectivity index (χ1n) is 12.6. The normalized spacial score (nSPS) is 12.2. The molecule has 0 bridgehead atoms. The Morgan fingerprint density at radius 2 is 2.00 bits per heavy atom. The van der Waals surface area contributed by atoms with E-state index in [-0.39, 0.29) is 5.41 Å². The van der Waals surface area contributed by atoms with E-state index in [4.69, 9.17) is 14.3 Å². The number of aromatic nitrogens is 5. The molecule has 37 heavy (non-hydrogen) atoms. The largest absolute Gasteiger partial charge is 0.490 e. The zero-order chi connectivity index (χ0) is 26.3. The van der Waals surface area contributed by atoms with Crippen LogP contribution in [0.2, 0.25) is 0 Å². The average Bonchev–Trinajstić information content (AvgIpc) is 3.49. The number of aromatic amines is 1. The Bertz CT molecular complexity index is 1630. The number of fused-ring (bicyclic) bond motifs is 2. The number of hydrogen-bond donors (Lipinski definition) is 2. The fraction of sp³-hybridized carbons (Fsp3) is 0.393. The predicted molar refractivity (Wildman–Crippen MR) is 144 cm³/mol. The fourth-order valence-corrected chi connectivity index (χ4v) is 4.82. The second-order valence-electron chi connectivity index (χ2n) is 10.7. The van der Waals surface area contributed by atoms with Gasteiger partial charge in [0, 0.05) is 43.0 Å². The van der Waals surface area contributed by atoms with Gasteiger partial charge in [0.2, 0.25) is 0 Å². The lowest BCUT2D eigenvalue weighted by atomic mass is 9.88. The van der Waals surface area contributed by atoms with E-state index >= 15 is 0 Å². The van der Waals surface area contributed by atoms with Gasteiger partial charge in [-0.05, 0) is 55.6 Å². The summed E-state index contributed by atoms with van der Waals surface area (Å²) in [5.41, 5.74) is 8.35. The van der Waals surface area contributed by atoms with Crippen molar-refractivity contribution in [3.8, 4) is 16.9 Å². The standard InChI is InChI=1S/C28H34N6O3/c1-17-20(22(32-33(17)6)13-28(2,3)4)11-12-36-26-21(8-9-23-25(26)31-27(35)37-23)18-7-10-24-30-15-19(14-29-5)34(24)16-18/h7-10,15-16,29H,11-14H2,1-6H3,(H,31,35). The number of nitrogens with zero attached hydrogens (tertiary/aromatic N) is 4. The number of aryl methyl sites for hydroxylation is 1. The molecule has 194 valence electrons. The number of ether oxygens (including phenoxy) is 1. The zero-order valence-electron chi connectivity index (χ0n) is 22.3. The van der Waals surface area contributed by atoms with Crippen LogP contribution < -0.4 is 15.8 Å². The summed E-state index contributed by atoms with van der Waals surface area (Å²) in [5, 5.41) is 7.96. The van der Waals surface area contributed by atoms with Crippen LogP contribution in [0.5, 0.6) is 5.75 Å². The molecule has 0 saturated carbocycles. The molecule has 0 aliphatic heterocycles. The van der Waals surface area contributed by atoms with Crippen molar-refractivity contribution in [3.63, 3.8) is 0 Å². The Morgan fingerprint density at radius 1 is 1.19 bits per heavy atom. The molecule has 0 aliphatic rings. The van der Waals surface area contributed by atoms with Crippen LogP contribution in [0.4, 0.5) is 0 Å². The van der Waals surface area contributed by atoms with Gasteiger partial charge in [-0.25, -0.2) is 9.78 Å². The van der Waals surface area contributed by atoms with E-state index in [1.54, 1.807) is 6.07 Å². The van der Waals surface area contributed by atoms with Crippen molar-refractivity contribution in [2.45, 2.75) is 47.1 Å². The molecular formula is C28H34N6O3. The molecule has 0 fully saturated rings. The summed E-state index contributed by atoms with van der Waals surface area (Å²) in [6, 6.07) is 7.74. The minimum Gasteiger partial charge on any atom is -0.490 e. The quantitative estimate of drug-likeness (QED) is 0.326. The summed E-state index contributed by atoms with van der Waals surface area (Å²) in [6.45, 7) is 9.89. The number of benzene rings is 1. The highest BCUT2D eigenvalue weighted by Crippen LogP contribution is 2.36. The highest BCUT2D eigenvalue weighted by atomic mass is 16.5. The molecule has 0 aliphatic carbocycles. The smallest absolute Gasteiger partial charge is 0.417 e. The van der Waals surface area contributed by atoms with Gasteiger partial charge in [-0.2, -0.15) is 5.10 Å². The van der Waals surface area contributed by atoms with E-state index in [1.165, 1.54) is 5.56 Å². The summed E-state index contributed by atoms with van der Waals surface area (Å²) in [5.74, 6) is 0.0887. The minimum absolute atomic E-state index is 0.129. The molecule has 0 spiro atoms. The van der Waals surface area contributed by atoms with Gasteiger partial charge >= 0.3 is 5.76 Å². The monoisotopic (exact) mass is 502 g/mol. The second-order valence-corrected chi connectivity index (χ2v) is 10.7. The van der Waals surface area contributed by atoms with Crippen LogP contribution in [-0.2, 0) is 26.4 Å². The number of imidazole rings is 1. The van der Waals surface area contributed by atoms with Crippen molar-refractivity contribution < 1.29 is 9.15 Å². The number of oxazole rings is 1. The molecule has 9 heteroatoms. The predicted octanol–water partition coefficient (Wildman–Crippen LogP) is 4.41. The Balaban J connectivity index is 1.51. The summed E-state index contributed by atoms with van der Waals surface area (Å²) in [4.78, 5) is 19.4. The van der Waals surface area contributed by atoms with Crippen LogP contribution >= 0.6 is 0 Å². The van der Waals surface area contributed by atoms with Crippen LogP contribution in [0.15, 0.2) is 45.9 Å². The fourth-order valence-electron chi connectivity index (χ4n) is 4.82. The molecule has 2 N–H and O–H groups in total. The minimum atomic E-state index is -0.506. The lowest BCUT2D eigenvalue weighted by Gasteiger charge is -2.18. The van der Waals surface area contributed by atoms with Crippen molar-refractivity contribution in [2.24, 2.45) is 12.5 Å². The third-order valence-corrected chi connectivity index (χ3v) is 6.64. The number of nitrogens with one attached hydrogen (secondary N) is 2. The van der Waals surface area contributed by atoms with Gasteiger partial charge in [0.1, 0.15) is 11.2 Å². The molecule has 0 radical (unpaired) electrons. The Kier molecular flexibility index (Phi) is 6.41. The molecule has 9 nitrogen and oxygen atoms in total. The van der Waals surface area contributed by atoms with Crippen molar-refractivity contribution in [3.05, 3.63) is 69.9 Å². The van der Waals surface area contributed by atoms with Crippen molar-refractivity contribution in [1.82, 2.24) is 29.5 Å². The molecule has 0 unspecified atom stereocenters. The van der Waals surface area contributed by atoms with Crippen LogP contribution in [0.1, 0.15) is 43.4 Å². The van der Waals surface area contributed by atoms with Crippen LogP contribution in [0.25, 0.3) is 27.9 Å². The summed E-state index contributed by atoms with van der Waals surface area (Å²) >= 11 is 0. The van der Waals surface area contributed by atoms with Gasteiger partial charge in [-0.3, -0.25) is 9.67 Å². The van der Waals surface area contributed by atoms with E-state index < -0.39 is 5.76 Å². The molecule has 5 rings (SSSR count). The maximum absolute atomic E-state index is 12.1. The van der Waals surface area contributed by atoms with Crippen molar-refractivity contribution in [2.75, 3.05) is 13.7 Å². The van der Waals surface area contributed by atoms with E-state index in [0.717, 1.165) is 40.3 Å². The molecule has 1 aromatic carbocycles. The summed E-state index contributed by atoms with van der Waals surface area (Å²) in [7, 11) is 3.89. The van der Waals surface area contributed by atoms with Gasteiger partial charge in [-0.1, -0.05) is 20.8 Å². The SMILES string of the molecule is CNCc1cnc2ccc(-c3ccc4oc(=O)[nH]c4c3OCCc3c(CC(C)(C)C)nn(C)c3C)cn12. The first-order chi connectivity index (χ1) is 17.6. The van der Waals surface area contributed by atoms with Gasteiger partial charge in [0.05, 0.1) is 24.2 Å². The zero-order valence-corrected chi connectivity index (χ0v) is 22.3. The van der Waals surface area contributed by atoms with Gasteiger partial charge in [0.25, 0.3) is 0 Å². The maximum atomic E-state index is 12.1. The number of hydrogen-bond acceptors (Lipinski definition) is 6. The molecule has 0 atom stereocenters. The first-order valence-corrected chi connectivity index (χ1v) is 12.6. The van der Waals surface area contributed by atoms with E-state index in [1.807, 2.05) is 49.4 Å². The number of H-pyrrole nitrogens is 1. The van der Waals surface area contributed by atoms with Crippen LogP contribution in [0, 0.1) is 12.3 Å². The first kappa shape index (κ1) is 24.8. The molecule has 0 amide bonds. The Hall–Kier alpha value is -3.85. The van der Waals surface area contributed by atoms with E-state index in [9.17, 15) is 4.79 Å². The van der Waals surface area contributed by atoms with Crippen LogP contribution in [-0.4, -0.2) is 37.8 Å². The second kappa shape index (κ2) is 9.55. The average molecular weight is 503 g/mol. The van der Waals surface area contributed by atoms with Crippen molar-refractivity contribution >= 4 is 16.7 Å². The number of rotatable bonds is 8. The van der Waals surface area contributed by atoms with Crippen molar-refractivity contribution in [1.29, 1.82) is 0 Å². The summed E-state index contributed by atoms with van der Waals surface area (Å²) in [6.07, 6.45) is 5.51. The molecule has 5 aromatic rings. The lowest BCUT2D eigenvalue weighted by Crippen LogP contribution is -2.12. The maximum Gasteiger partial charge on any atom is 0.417 e. The summed E-state index contributed by atoms with van der Waals surface area (Å²) < 4.78 is 15.8. The Labute approximate surface area is 215 Å². The number of pyridine rings is 1. The lowest BCUT2D eigenvalue weighted by molar-refractivity contribution is 0.324. The highest BCUT2D eigenvalue weighted by Gasteiger charge is 2.21. The molecular weight excluding hydrogens is 468 g/mol. The molecule has 0 saturated heterocycles. The van der Waals surface area contributed by atoms with Crippen LogP contribution in [0.3, 0.4) is 0 Å². The topological polar surface area (TPSA) is 102 Å². The Morgan fingerprint density at radius 3 is 2.76 bits per heavy atom. The van der Waals surface area contributed by atoms with Gasteiger partial charge in [-0.15, -0.1) is 0 Å². The third kappa shape index (κ3) is 4.91. The molecule has 4 heterocycles. The highest BCUT2D eigenvalue weighted by molar-refractivity contribution is 5.89. The van der Waals surface area contributed by atoms with Gasteiger partial charge in [0.15, 0.2) is 11.3 Å². The van der Waals surface area contributed by atoms with Gasteiger partial charge < -0.3 is 18.9 Å². The third-order valence-electron chi connectivity index (χ3n) is 6.64. The molecule has 4 aromatic heterocycles. The van der Waals surface area contributed by atoms with E-state index in [0.29, 0.717) is 36.4 Å². The van der Waals surface area contributed by atoms with E-state index in [2.05, 4.69) is 47.4 Å².